The Morgan fingerprint density at radius 3 is 2.53 bits per heavy atom. The molecule has 0 bridgehead atoms. The number of imidazole rings is 1. The summed E-state index contributed by atoms with van der Waals surface area (Å²) in [6, 6.07) is 25.2. The molecular formula is C30H27ClN4O2S. The lowest BCUT2D eigenvalue weighted by Gasteiger charge is -2.11. The third kappa shape index (κ3) is 6.18. The largest absolute Gasteiger partial charge is 0.494 e. The standard InChI is InChI=1S/C30H27ClN4O2S/c1-2-37-25-13-9-21(10-14-25)17-33-29(36)23-11-7-22(8-12-23)19-35-28-18-32-16-15-27(28)34-30(35)38-20-24-5-3-4-6-26(24)31/h3-16,18H,2,17,19-20H2,1H3,(H,33,36). The van der Waals surface area contributed by atoms with Crippen LogP contribution in [0.1, 0.15) is 34.0 Å². The molecule has 2 heterocycles. The summed E-state index contributed by atoms with van der Waals surface area (Å²) in [5.41, 5.74) is 5.62. The number of pyridine rings is 1. The molecule has 5 aromatic rings. The average Bonchev–Trinajstić information content (AvgIpc) is 3.29. The Kier molecular flexibility index (Phi) is 8.26. The van der Waals surface area contributed by atoms with Gasteiger partial charge >= 0.3 is 0 Å². The Balaban J connectivity index is 1.26. The summed E-state index contributed by atoms with van der Waals surface area (Å²) < 4.78 is 7.63. The van der Waals surface area contributed by atoms with E-state index in [9.17, 15) is 4.79 Å². The van der Waals surface area contributed by atoms with Crippen molar-refractivity contribution in [1.82, 2.24) is 19.9 Å². The molecule has 192 valence electrons. The van der Waals surface area contributed by atoms with Crippen LogP contribution in [0, 0.1) is 0 Å². The van der Waals surface area contributed by atoms with E-state index in [0.29, 0.717) is 31.0 Å². The Labute approximate surface area is 231 Å². The summed E-state index contributed by atoms with van der Waals surface area (Å²) in [5.74, 6) is 1.42. The lowest BCUT2D eigenvalue weighted by atomic mass is 10.1. The summed E-state index contributed by atoms with van der Waals surface area (Å²) in [6.07, 6.45) is 3.59. The molecule has 1 amide bonds. The van der Waals surface area contributed by atoms with Gasteiger partial charge in [-0.1, -0.05) is 65.8 Å². The lowest BCUT2D eigenvalue weighted by molar-refractivity contribution is 0.0951. The number of amides is 1. The number of carbonyl (C=O) groups is 1. The van der Waals surface area contributed by atoms with Crippen molar-refractivity contribution in [2.45, 2.75) is 30.9 Å². The highest BCUT2D eigenvalue weighted by molar-refractivity contribution is 7.98. The molecule has 0 atom stereocenters. The third-order valence-corrected chi connectivity index (χ3v) is 7.47. The van der Waals surface area contributed by atoms with E-state index in [4.69, 9.17) is 21.3 Å². The maximum Gasteiger partial charge on any atom is 0.251 e. The highest BCUT2D eigenvalue weighted by Gasteiger charge is 2.14. The van der Waals surface area contributed by atoms with Crippen LogP contribution >= 0.6 is 23.4 Å². The number of halogens is 1. The fourth-order valence-corrected chi connectivity index (χ4v) is 5.37. The van der Waals surface area contributed by atoms with Crippen molar-refractivity contribution in [3.8, 4) is 5.75 Å². The molecule has 0 saturated heterocycles. The van der Waals surface area contributed by atoms with Crippen LogP contribution in [-0.4, -0.2) is 27.0 Å². The molecular weight excluding hydrogens is 516 g/mol. The summed E-state index contributed by atoms with van der Waals surface area (Å²) >= 11 is 8.01. The molecule has 0 aliphatic heterocycles. The molecule has 0 aliphatic carbocycles. The number of nitrogens with zero attached hydrogens (tertiary/aromatic N) is 3. The zero-order chi connectivity index (χ0) is 26.3. The van der Waals surface area contributed by atoms with Gasteiger partial charge in [0.05, 0.1) is 30.4 Å². The van der Waals surface area contributed by atoms with E-state index in [1.165, 1.54) is 0 Å². The molecule has 0 saturated carbocycles. The van der Waals surface area contributed by atoms with Crippen molar-refractivity contribution in [2.24, 2.45) is 0 Å². The van der Waals surface area contributed by atoms with Crippen molar-refractivity contribution in [1.29, 1.82) is 0 Å². The summed E-state index contributed by atoms with van der Waals surface area (Å²) in [4.78, 5) is 21.9. The minimum Gasteiger partial charge on any atom is -0.494 e. The fourth-order valence-electron chi connectivity index (χ4n) is 4.07. The summed E-state index contributed by atoms with van der Waals surface area (Å²) in [5, 5.41) is 4.63. The average molecular weight is 543 g/mol. The summed E-state index contributed by atoms with van der Waals surface area (Å²) in [6.45, 7) is 3.64. The van der Waals surface area contributed by atoms with E-state index in [-0.39, 0.29) is 5.91 Å². The Bertz CT molecular complexity index is 1530. The van der Waals surface area contributed by atoms with Crippen LogP contribution in [0.15, 0.2) is 96.4 Å². The zero-order valence-corrected chi connectivity index (χ0v) is 22.5. The molecule has 5 rings (SSSR count). The Hall–Kier alpha value is -3.81. The Morgan fingerprint density at radius 2 is 1.76 bits per heavy atom. The molecule has 0 unspecified atom stereocenters. The molecule has 0 spiro atoms. The zero-order valence-electron chi connectivity index (χ0n) is 20.9. The number of thioether (sulfide) groups is 1. The third-order valence-electron chi connectivity index (χ3n) is 6.07. The first-order chi connectivity index (χ1) is 18.6. The first kappa shape index (κ1) is 25.8. The van der Waals surface area contributed by atoms with E-state index in [0.717, 1.165) is 43.7 Å². The minimum absolute atomic E-state index is 0.112. The first-order valence-electron chi connectivity index (χ1n) is 12.4. The molecule has 38 heavy (non-hydrogen) atoms. The van der Waals surface area contributed by atoms with Gasteiger partial charge in [0.1, 0.15) is 5.75 Å². The van der Waals surface area contributed by atoms with Gasteiger partial charge in [-0.25, -0.2) is 4.98 Å². The van der Waals surface area contributed by atoms with Gasteiger partial charge in [-0.15, -0.1) is 0 Å². The number of ether oxygens (including phenoxy) is 1. The number of carbonyl (C=O) groups excluding carboxylic acids is 1. The lowest BCUT2D eigenvalue weighted by Crippen LogP contribution is -2.22. The number of benzene rings is 3. The topological polar surface area (TPSA) is 69.0 Å². The second kappa shape index (κ2) is 12.2. The van der Waals surface area contributed by atoms with E-state index < -0.39 is 0 Å². The maximum atomic E-state index is 12.7. The number of hydrogen-bond acceptors (Lipinski definition) is 5. The van der Waals surface area contributed by atoms with Crippen LogP contribution in [0.25, 0.3) is 11.0 Å². The van der Waals surface area contributed by atoms with Crippen LogP contribution in [-0.2, 0) is 18.8 Å². The smallest absolute Gasteiger partial charge is 0.251 e. The van der Waals surface area contributed by atoms with E-state index in [2.05, 4.69) is 14.9 Å². The number of nitrogens with one attached hydrogen (secondary N) is 1. The molecule has 0 aliphatic rings. The molecule has 6 nitrogen and oxygen atoms in total. The fraction of sp³-hybridized carbons (Fsp3) is 0.167. The Morgan fingerprint density at radius 1 is 1.00 bits per heavy atom. The molecule has 2 aromatic heterocycles. The number of aromatic nitrogens is 3. The van der Waals surface area contributed by atoms with Crippen LogP contribution in [0.3, 0.4) is 0 Å². The minimum atomic E-state index is -0.112. The SMILES string of the molecule is CCOc1ccc(CNC(=O)c2ccc(Cn3c(SCc4ccccc4Cl)nc4ccncc43)cc2)cc1. The molecule has 0 fully saturated rings. The van der Waals surface area contributed by atoms with Gasteiger partial charge in [-0.3, -0.25) is 9.78 Å². The van der Waals surface area contributed by atoms with Gasteiger partial charge in [0.25, 0.3) is 5.91 Å². The second-order valence-corrected chi connectivity index (χ2v) is 10.0. The van der Waals surface area contributed by atoms with Gasteiger partial charge in [-0.05, 0) is 60.0 Å². The number of hydrogen-bond donors (Lipinski definition) is 1. The van der Waals surface area contributed by atoms with Crippen molar-refractivity contribution in [3.63, 3.8) is 0 Å². The van der Waals surface area contributed by atoms with E-state index in [1.807, 2.05) is 92.0 Å². The number of fused-ring (bicyclic) bond motifs is 1. The summed E-state index contributed by atoms with van der Waals surface area (Å²) in [7, 11) is 0. The predicted molar refractivity (Wildman–Crippen MR) is 153 cm³/mol. The van der Waals surface area contributed by atoms with Gasteiger partial charge < -0.3 is 14.6 Å². The van der Waals surface area contributed by atoms with Crippen molar-refractivity contribution in [3.05, 3.63) is 119 Å². The maximum absolute atomic E-state index is 12.7. The van der Waals surface area contributed by atoms with Crippen molar-refractivity contribution in [2.75, 3.05) is 6.61 Å². The monoisotopic (exact) mass is 542 g/mol. The number of rotatable bonds is 10. The van der Waals surface area contributed by atoms with Crippen molar-refractivity contribution < 1.29 is 9.53 Å². The molecule has 0 radical (unpaired) electrons. The van der Waals surface area contributed by atoms with Crippen molar-refractivity contribution >= 4 is 40.3 Å². The second-order valence-electron chi connectivity index (χ2n) is 8.68. The van der Waals surface area contributed by atoms with E-state index >= 15 is 0 Å². The highest BCUT2D eigenvalue weighted by atomic mass is 35.5. The predicted octanol–water partition coefficient (Wildman–Crippen LogP) is 6.75. The van der Waals surface area contributed by atoms with Gasteiger partial charge in [0.2, 0.25) is 0 Å². The van der Waals surface area contributed by atoms with Crippen LogP contribution in [0.4, 0.5) is 0 Å². The van der Waals surface area contributed by atoms with Gasteiger partial charge in [0.15, 0.2) is 5.16 Å². The molecule has 8 heteroatoms. The van der Waals surface area contributed by atoms with Crippen LogP contribution in [0.2, 0.25) is 5.02 Å². The van der Waals surface area contributed by atoms with Gasteiger partial charge in [-0.2, -0.15) is 0 Å². The highest BCUT2D eigenvalue weighted by Crippen LogP contribution is 2.29. The van der Waals surface area contributed by atoms with E-state index in [1.54, 1.807) is 18.0 Å². The molecule has 1 N–H and O–H groups in total. The normalized spacial score (nSPS) is 11.0. The van der Waals surface area contributed by atoms with Gasteiger partial charge in [0, 0.05) is 29.1 Å². The van der Waals surface area contributed by atoms with Crippen LogP contribution in [0.5, 0.6) is 5.75 Å². The quantitative estimate of drug-likeness (QED) is 0.198. The molecule has 3 aromatic carbocycles. The van der Waals surface area contributed by atoms with Crippen LogP contribution < -0.4 is 10.1 Å². The first-order valence-corrected chi connectivity index (χ1v) is 13.7.